The molecular formula is C12H13BrCl2O. The Morgan fingerprint density at radius 3 is 2.69 bits per heavy atom. The van der Waals surface area contributed by atoms with Crippen molar-refractivity contribution in [2.75, 3.05) is 6.61 Å². The smallest absolute Gasteiger partial charge is 0.121 e. The molecule has 1 nitrogen and oxygen atoms in total. The molecule has 1 heterocycles. The van der Waals surface area contributed by atoms with E-state index in [1.807, 2.05) is 19.1 Å². The fourth-order valence-corrected chi connectivity index (χ4v) is 2.60. The van der Waals surface area contributed by atoms with Gasteiger partial charge in [-0.25, -0.2) is 0 Å². The molecule has 0 radical (unpaired) electrons. The van der Waals surface area contributed by atoms with Crippen LogP contribution in [0.5, 0.6) is 0 Å². The third kappa shape index (κ3) is 2.73. The molecule has 0 spiro atoms. The van der Waals surface area contributed by atoms with Crippen molar-refractivity contribution in [1.29, 1.82) is 0 Å². The fraction of sp³-hybridized carbons (Fsp3) is 0.500. The number of halogens is 3. The summed E-state index contributed by atoms with van der Waals surface area (Å²) in [6, 6.07) is 8.11. The summed E-state index contributed by atoms with van der Waals surface area (Å²) in [4.78, 5) is 0. The Morgan fingerprint density at radius 1 is 1.50 bits per heavy atom. The minimum absolute atomic E-state index is 0.275. The molecule has 88 valence electrons. The van der Waals surface area contributed by atoms with E-state index < -0.39 is 4.33 Å². The second-order valence-electron chi connectivity index (χ2n) is 4.18. The molecule has 2 rings (SSSR count). The third-order valence-electron chi connectivity index (χ3n) is 2.90. The van der Waals surface area contributed by atoms with Gasteiger partial charge in [0.25, 0.3) is 0 Å². The molecule has 0 aromatic heterocycles. The van der Waals surface area contributed by atoms with Crippen LogP contribution in [0.25, 0.3) is 0 Å². The molecule has 0 aliphatic carbocycles. The van der Waals surface area contributed by atoms with E-state index >= 15 is 0 Å². The van der Waals surface area contributed by atoms with Crippen LogP contribution in [0.3, 0.4) is 0 Å². The molecule has 0 saturated carbocycles. The van der Waals surface area contributed by atoms with Gasteiger partial charge in [-0.2, -0.15) is 0 Å². The van der Waals surface area contributed by atoms with Crippen LogP contribution in [0.4, 0.5) is 0 Å². The summed E-state index contributed by atoms with van der Waals surface area (Å²) >= 11 is 15.9. The summed E-state index contributed by atoms with van der Waals surface area (Å²) < 4.78 is 5.92. The van der Waals surface area contributed by atoms with Crippen molar-refractivity contribution in [3.05, 3.63) is 34.3 Å². The first-order chi connectivity index (χ1) is 7.47. The van der Waals surface area contributed by atoms with Crippen molar-refractivity contribution in [3.63, 3.8) is 0 Å². The van der Waals surface area contributed by atoms with Gasteiger partial charge in [0.2, 0.25) is 0 Å². The van der Waals surface area contributed by atoms with Crippen LogP contribution >= 0.6 is 39.1 Å². The van der Waals surface area contributed by atoms with Crippen LogP contribution in [-0.4, -0.2) is 10.9 Å². The van der Waals surface area contributed by atoms with E-state index in [2.05, 4.69) is 28.1 Å². The Morgan fingerprint density at radius 2 is 2.19 bits per heavy atom. The van der Waals surface area contributed by atoms with Gasteiger partial charge >= 0.3 is 0 Å². The lowest BCUT2D eigenvalue weighted by Gasteiger charge is -2.22. The van der Waals surface area contributed by atoms with E-state index in [-0.39, 0.29) is 5.60 Å². The van der Waals surface area contributed by atoms with Gasteiger partial charge in [0, 0.05) is 10.9 Å². The minimum atomic E-state index is -0.710. The number of benzene rings is 1. The fourth-order valence-electron chi connectivity index (χ4n) is 1.77. The molecule has 1 aliphatic heterocycles. The summed E-state index contributed by atoms with van der Waals surface area (Å²) in [7, 11) is 0. The molecule has 1 aliphatic rings. The molecule has 1 fully saturated rings. The lowest BCUT2D eigenvalue weighted by atomic mass is 9.94. The highest BCUT2D eigenvalue weighted by atomic mass is 79.9. The first-order valence-electron chi connectivity index (χ1n) is 5.25. The average Bonchev–Trinajstić information content (AvgIpc) is 2.98. The van der Waals surface area contributed by atoms with Crippen molar-refractivity contribution < 1.29 is 4.74 Å². The first kappa shape index (κ1) is 12.7. The van der Waals surface area contributed by atoms with Crippen LogP contribution in [-0.2, 0) is 10.3 Å². The van der Waals surface area contributed by atoms with E-state index in [0.717, 1.165) is 16.5 Å². The van der Waals surface area contributed by atoms with Gasteiger partial charge in [0.15, 0.2) is 0 Å². The minimum Gasteiger partial charge on any atom is -0.364 e. The van der Waals surface area contributed by atoms with Crippen molar-refractivity contribution in [2.24, 2.45) is 0 Å². The van der Waals surface area contributed by atoms with E-state index in [0.29, 0.717) is 13.0 Å². The summed E-state index contributed by atoms with van der Waals surface area (Å²) in [5.74, 6) is 0. The maximum atomic E-state index is 6.21. The van der Waals surface area contributed by atoms with Crippen LogP contribution in [0.1, 0.15) is 25.3 Å². The number of alkyl halides is 2. The molecule has 0 bridgehead atoms. The maximum absolute atomic E-state index is 6.21. The number of epoxide rings is 1. The summed E-state index contributed by atoms with van der Waals surface area (Å²) in [5.41, 5.74) is 0.865. The molecule has 1 saturated heterocycles. The number of hydrogen-bond donors (Lipinski definition) is 0. The van der Waals surface area contributed by atoms with E-state index in [1.54, 1.807) is 0 Å². The molecule has 4 heteroatoms. The Hall–Kier alpha value is 0.240. The summed E-state index contributed by atoms with van der Waals surface area (Å²) in [6.07, 6.45) is 1.35. The maximum Gasteiger partial charge on any atom is 0.121 e. The van der Waals surface area contributed by atoms with Crippen LogP contribution < -0.4 is 0 Å². The van der Waals surface area contributed by atoms with Crippen molar-refractivity contribution in [3.8, 4) is 0 Å². The molecule has 1 unspecified atom stereocenters. The van der Waals surface area contributed by atoms with Crippen molar-refractivity contribution >= 4 is 39.1 Å². The van der Waals surface area contributed by atoms with Gasteiger partial charge in [0.1, 0.15) is 9.93 Å². The van der Waals surface area contributed by atoms with E-state index in [1.165, 1.54) is 0 Å². The normalized spacial score (nSPS) is 24.5. The van der Waals surface area contributed by atoms with Gasteiger partial charge < -0.3 is 4.74 Å². The monoisotopic (exact) mass is 322 g/mol. The molecule has 0 amide bonds. The molecular weight excluding hydrogens is 311 g/mol. The molecule has 1 aromatic carbocycles. The highest BCUT2D eigenvalue weighted by molar-refractivity contribution is 9.10. The Balaban J connectivity index is 2.20. The van der Waals surface area contributed by atoms with Gasteiger partial charge in [-0.3, -0.25) is 0 Å². The SMILES string of the molecule is CCC(Cl)(Cl)CC1(c2cccc(Br)c2)CO1. The Bertz CT molecular complexity index is 388. The standard InChI is InChI=1S/C12H13BrCl2O/c1-2-12(14,15)7-11(8-16-11)9-4-3-5-10(13)6-9/h3-6H,2,7-8H2,1H3. The Labute approximate surface area is 114 Å². The first-order valence-corrected chi connectivity index (χ1v) is 6.80. The van der Waals surface area contributed by atoms with Gasteiger partial charge in [-0.15, -0.1) is 23.2 Å². The highest BCUT2D eigenvalue weighted by Crippen LogP contribution is 2.49. The zero-order valence-electron chi connectivity index (χ0n) is 8.97. The molecule has 0 N–H and O–H groups in total. The number of hydrogen-bond acceptors (Lipinski definition) is 1. The number of rotatable bonds is 4. The topological polar surface area (TPSA) is 12.5 Å². The lowest BCUT2D eigenvalue weighted by Crippen LogP contribution is -2.22. The Kier molecular flexibility index (Phi) is 3.56. The highest BCUT2D eigenvalue weighted by Gasteiger charge is 2.51. The van der Waals surface area contributed by atoms with E-state index in [4.69, 9.17) is 27.9 Å². The molecule has 16 heavy (non-hydrogen) atoms. The molecule has 1 aromatic rings. The lowest BCUT2D eigenvalue weighted by molar-refractivity contribution is 0.282. The van der Waals surface area contributed by atoms with Crippen molar-refractivity contribution in [1.82, 2.24) is 0 Å². The number of ether oxygens (including phenoxy) is 1. The average molecular weight is 324 g/mol. The van der Waals surface area contributed by atoms with Crippen molar-refractivity contribution in [2.45, 2.75) is 29.7 Å². The van der Waals surface area contributed by atoms with Crippen LogP contribution in [0.15, 0.2) is 28.7 Å². The van der Waals surface area contributed by atoms with Gasteiger partial charge in [-0.1, -0.05) is 35.0 Å². The van der Waals surface area contributed by atoms with E-state index in [9.17, 15) is 0 Å². The predicted octanol–water partition coefficient (Wildman–Crippen LogP) is 4.65. The van der Waals surface area contributed by atoms with Crippen LogP contribution in [0.2, 0.25) is 0 Å². The van der Waals surface area contributed by atoms with Gasteiger partial charge in [0.05, 0.1) is 6.61 Å². The van der Waals surface area contributed by atoms with Gasteiger partial charge in [-0.05, 0) is 24.1 Å². The van der Waals surface area contributed by atoms with Crippen LogP contribution in [0, 0.1) is 0 Å². The summed E-state index contributed by atoms with van der Waals surface area (Å²) in [6.45, 7) is 2.68. The predicted molar refractivity (Wildman–Crippen MR) is 71.1 cm³/mol. The zero-order chi connectivity index (χ0) is 11.8. The second kappa shape index (κ2) is 4.49. The second-order valence-corrected chi connectivity index (χ2v) is 6.74. The zero-order valence-corrected chi connectivity index (χ0v) is 12.1. The molecule has 1 atom stereocenters. The quantitative estimate of drug-likeness (QED) is 0.580. The largest absolute Gasteiger partial charge is 0.364 e. The summed E-state index contributed by atoms with van der Waals surface area (Å²) in [5, 5.41) is 0. The third-order valence-corrected chi connectivity index (χ3v) is 4.20.